The second kappa shape index (κ2) is 34.5. The fourth-order valence-corrected chi connectivity index (χ4v) is 12.5. The first kappa shape index (κ1) is 73.5. The highest BCUT2D eigenvalue weighted by molar-refractivity contribution is 7.44. The monoisotopic (exact) mass is 1340 g/mol. The topological polar surface area (TPSA) is 280 Å². The largest absolute Gasteiger partial charge is 0.497 e. The summed E-state index contributed by atoms with van der Waals surface area (Å²) in [6.07, 6.45) is -3.06. The number of nitrogens with zero attached hydrogens (tertiary/aromatic N) is 7. The van der Waals surface area contributed by atoms with Crippen LogP contribution in [0.25, 0.3) is 16.0 Å². The van der Waals surface area contributed by atoms with Crippen LogP contribution in [0, 0.1) is 12.5 Å². The molecular formula is C67H81F3N11O13P. The lowest BCUT2D eigenvalue weighted by atomic mass is 9.80. The average Bonchev–Trinajstić information content (AvgIpc) is 1.12. The number of halogens is 3. The van der Waals surface area contributed by atoms with E-state index in [9.17, 15) is 46.7 Å². The Labute approximate surface area is 550 Å². The van der Waals surface area contributed by atoms with Gasteiger partial charge in [-0.1, -0.05) is 74.9 Å². The molecule has 1 aliphatic heterocycles. The molecule has 95 heavy (non-hydrogen) atoms. The van der Waals surface area contributed by atoms with Crippen molar-refractivity contribution in [3.8, 4) is 11.5 Å². The van der Waals surface area contributed by atoms with E-state index >= 15 is 0 Å². The summed E-state index contributed by atoms with van der Waals surface area (Å²) in [7, 11) is 2.66. The predicted molar refractivity (Wildman–Crippen MR) is 349 cm³/mol. The number of H-pyrrole nitrogens is 1. The number of esters is 1. The first-order valence-electron chi connectivity index (χ1n) is 31.1. The Bertz CT molecular complexity index is 3620. The van der Waals surface area contributed by atoms with E-state index in [-0.39, 0.29) is 104 Å². The lowest BCUT2D eigenvalue weighted by molar-refractivity contribution is -0.170. The molecular weight excluding hydrogens is 1250 g/mol. The van der Waals surface area contributed by atoms with Crippen LogP contribution in [0.4, 0.5) is 24.8 Å². The smallest absolute Gasteiger partial charge is 0.471 e. The van der Waals surface area contributed by atoms with Gasteiger partial charge in [-0.2, -0.15) is 18.2 Å². The molecule has 0 radical (unpaired) electrons. The zero-order chi connectivity index (χ0) is 69.0. The number of fused-ring (bicyclic) bond motifs is 1. The van der Waals surface area contributed by atoms with Crippen molar-refractivity contribution in [2.24, 2.45) is 5.92 Å². The molecule has 0 aliphatic carbocycles. The number of carbonyl (C=O) groups is 6. The summed E-state index contributed by atoms with van der Waals surface area (Å²) < 4.78 is 80.7. The number of hydrogen-bond acceptors (Lipinski definition) is 17. The van der Waals surface area contributed by atoms with Crippen molar-refractivity contribution in [1.82, 2.24) is 40.1 Å². The molecule has 1 aliphatic rings. The standard InChI is InChI=1S/C67H81F3N11O13P/c1-42(2)60(84)77-65-76-59-58(62(86)78-65)74-49(38-73-59)39-80(64(88)67(68,69)70)50-26-20-45(21-27-50)61(85)75-55(63(87)91-10)32-33-56(82)72-34-16-12-15-19-57(83)79-40-54(94-95(93-36-35-71-7)81(43(3)4)44(5)6)37-51(79)41-92-66(46-17-13-11-14-18-46,47-22-28-52(89-8)29-23-47)48-24-30-53(90-9)31-25-48/h11,13-14,17-18,20-31,38,42-44,51,54-55H,12,15-16,19,32-37,39-41H2,1-6,8-10H3,(H,72,82)(H,75,85)(H2,73,76,77,78,84,86)/t51-,54+,55-,95?/m0/s1. The number of aromatic nitrogens is 4. The Kier molecular flexibility index (Phi) is 26.7. The van der Waals surface area contributed by atoms with Crippen LogP contribution in [-0.4, -0.2) is 156 Å². The highest BCUT2D eigenvalue weighted by Gasteiger charge is 2.45. The van der Waals surface area contributed by atoms with Gasteiger partial charge in [-0.25, -0.2) is 26.0 Å². The van der Waals surface area contributed by atoms with Crippen LogP contribution in [-0.2, 0) is 54.6 Å². The Hall–Kier alpha value is -8.93. The van der Waals surface area contributed by atoms with Gasteiger partial charge in [0.25, 0.3) is 20.0 Å². The van der Waals surface area contributed by atoms with Crippen LogP contribution < -0.4 is 35.9 Å². The minimum Gasteiger partial charge on any atom is -0.497 e. The molecule has 1 unspecified atom stereocenters. The number of unbranched alkanes of at least 4 members (excludes halogenated alkanes) is 2. The molecule has 0 saturated carbocycles. The highest BCUT2D eigenvalue weighted by atomic mass is 31.2. The van der Waals surface area contributed by atoms with Crippen molar-refractivity contribution in [3.63, 3.8) is 0 Å². The molecule has 28 heteroatoms. The number of likely N-dealkylation sites (tertiary alicyclic amines) is 1. The van der Waals surface area contributed by atoms with E-state index in [1.807, 2.05) is 83.8 Å². The van der Waals surface area contributed by atoms with E-state index in [1.165, 1.54) is 0 Å². The molecule has 5 amide bonds. The Morgan fingerprint density at radius 1 is 0.811 bits per heavy atom. The van der Waals surface area contributed by atoms with E-state index in [4.69, 9.17) is 34.6 Å². The summed E-state index contributed by atoms with van der Waals surface area (Å²) in [5.74, 6) is -4.36. The van der Waals surface area contributed by atoms with Crippen LogP contribution in [0.1, 0.15) is 119 Å². The number of anilines is 2. The van der Waals surface area contributed by atoms with Gasteiger partial charge in [-0.05, 0) is 119 Å². The fourth-order valence-electron chi connectivity index (χ4n) is 10.8. The zero-order valence-electron chi connectivity index (χ0n) is 54.6. The van der Waals surface area contributed by atoms with Gasteiger partial charge in [0.05, 0.1) is 58.5 Å². The zero-order valence-corrected chi connectivity index (χ0v) is 55.5. The number of alkyl halides is 3. The molecule has 3 heterocycles. The molecule has 1 saturated heterocycles. The molecule has 0 bridgehead atoms. The molecule has 24 nitrogen and oxygen atoms in total. The van der Waals surface area contributed by atoms with Gasteiger partial charge in [-0.3, -0.25) is 44.0 Å². The summed E-state index contributed by atoms with van der Waals surface area (Å²) in [5, 5.41) is 7.76. The first-order valence-corrected chi connectivity index (χ1v) is 32.2. The Morgan fingerprint density at radius 2 is 1.44 bits per heavy atom. The number of aromatic amines is 1. The average molecular weight is 1340 g/mol. The van der Waals surface area contributed by atoms with Crippen LogP contribution in [0.3, 0.4) is 0 Å². The summed E-state index contributed by atoms with van der Waals surface area (Å²) in [4.78, 5) is 112. The van der Waals surface area contributed by atoms with E-state index in [0.29, 0.717) is 42.1 Å². The van der Waals surface area contributed by atoms with Crippen molar-refractivity contribution >= 4 is 66.8 Å². The van der Waals surface area contributed by atoms with E-state index in [2.05, 4.69) is 73.1 Å². The number of rotatable bonds is 33. The number of amides is 5. The van der Waals surface area contributed by atoms with Gasteiger partial charge in [-0.15, -0.1) is 0 Å². The summed E-state index contributed by atoms with van der Waals surface area (Å²) >= 11 is 0. The van der Waals surface area contributed by atoms with Gasteiger partial charge in [0.15, 0.2) is 11.2 Å². The number of methoxy groups -OCH3 is 3. The van der Waals surface area contributed by atoms with Crippen LogP contribution in [0.5, 0.6) is 11.5 Å². The van der Waals surface area contributed by atoms with Gasteiger partial charge < -0.3 is 48.4 Å². The second-order valence-electron chi connectivity index (χ2n) is 23.3. The number of carbonyl (C=O) groups excluding carboxylic acids is 6. The van der Waals surface area contributed by atoms with Gasteiger partial charge in [0.2, 0.25) is 30.2 Å². The fraction of sp³-hybridized carbons (Fsp3) is 0.448. The molecule has 508 valence electrons. The molecule has 0 spiro atoms. The maximum absolute atomic E-state index is 14.6. The molecule has 1 fully saturated rings. The van der Waals surface area contributed by atoms with Crippen molar-refractivity contribution in [2.45, 2.75) is 135 Å². The SMILES string of the molecule is [C-]#[N+]CCOP(O[C@@H]1C[C@@H](COC(c2ccccc2)(c2ccc(OC)cc2)c2ccc(OC)cc2)N(C(=O)CCCCCNC(=O)CC[C@H](NC(=O)c2ccc(N(Cc3cnc4nc(NC(=O)C(C)C)[nH]c(=O)c4n3)C(=O)C(F)(F)F)cc2)C(=O)OC)C1)N(C(C)C)C(C)C. The summed E-state index contributed by atoms with van der Waals surface area (Å²) in [6, 6.07) is 28.0. The Balaban J connectivity index is 0.976. The summed E-state index contributed by atoms with van der Waals surface area (Å²) in [5.41, 5.74) is -0.806. The molecule has 4 aromatic carbocycles. The third kappa shape index (κ3) is 19.6. The van der Waals surface area contributed by atoms with Crippen molar-refractivity contribution in [2.75, 3.05) is 64.4 Å². The Morgan fingerprint density at radius 3 is 2.02 bits per heavy atom. The number of hydrogen-bond donors (Lipinski definition) is 4. The lowest BCUT2D eigenvalue weighted by Gasteiger charge is -2.38. The minimum atomic E-state index is -5.37. The quantitative estimate of drug-likeness (QED) is 0.00981. The van der Waals surface area contributed by atoms with Crippen LogP contribution in [0.15, 0.2) is 114 Å². The van der Waals surface area contributed by atoms with E-state index in [1.54, 1.807) is 28.1 Å². The number of ether oxygens (including phenoxy) is 4. The second-order valence-corrected chi connectivity index (χ2v) is 24.7. The van der Waals surface area contributed by atoms with Crippen LogP contribution in [0.2, 0.25) is 0 Å². The van der Waals surface area contributed by atoms with Crippen molar-refractivity contribution in [3.05, 3.63) is 159 Å². The van der Waals surface area contributed by atoms with E-state index in [0.717, 1.165) is 54.3 Å². The van der Waals surface area contributed by atoms with Gasteiger partial charge >= 0.3 is 18.1 Å². The van der Waals surface area contributed by atoms with Crippen molar-refractivity contribution in [1.29, 1.82) is 0 Å². The maximum atomic E-state index is 14.6. The molecule has 2 aromatic heterocycles. The van der Waals surface area contributed by atoms with Gasteiger partial charge in [0, 0.05) is 55.2 Å². The molecule has 4 N–H and O–H groups in total. The molecule has 7 rings (SSSR count). The van der Waals surface area contributed by atoms with Crippen molar-refractivity contribution < 1.29 is 69.9 Å². The van der Waals surface area contributed by atoms with Gasteiger partial charge in [0.1, 0.15) is 29.7 Å². The highest BCUT2D eigenvalue weighted by Crippen LogP contribution is 2.49. The number of nitrogens with one attached hydrogen (secondary N) is 4. The third-order valence-corrected chi connectivity index (χ3v) is 17.8. The van der Waals surface area contributed by atoms with Crippen LogP contribution >= 0.6 is 8.53 Å². The minimum absolute atomic E-state index is 0.0465. The first-order chi connectivity index (χ1) is 45.4. The number of benzene rings is 4. The lowest BCUT2D eigenvalue weighted by Crippen LogP contribution is -2.42. The third-order valence-electron chi connectivity index (χ3n) is 15.6. The normalized spacial score (nSPS) is 14.7. The maximum Gasteiger partial charge on any atom is 0.471 e. The molecule has 6 aromatic rings. The molecule has 4 atom stereocenters. The summed E-state index contributed by atoms with van der Waals surface area (Å²) in [6.45, 7) is 19.0. The predicted octanol–water partition coefficient (Wildman–Crippen LogP) is 9.42. The van der Waals surface area contributed by atoms with E-state index < -0.39 is 86.1 Å².